The van der Waals surface area contributed by atoms with Crippen molar-refractivity contribution in [3.05, 3.63) is 68.7 Å². The third-order valence-electron chi connectivity index (χ3n) is 3.95. The van der Waals surface area contributed by atoms with Crippen LogP contribution in [0.2, 0.25) is 0 Å². The first-order valence-corrected chi connectivity index (χ1v) is 8.71. The van der Waals surface area contributed by atoms with E-state index in [-0.39, 0.29) is 11.5 Å². The van der Waals surface area contributed by atoms with E-state index in [1.54, 1.807) is 22.9 Å². The third-order valence-corrected chi connectivity index (χ3v) is 5.03. The topological polar surface area (TPSA) is 79.8 Å². The molecule has 0 unspecified atom stereocenters. The molecule has 2 aromatic heterocycles. The number of benzene rings is 1. The fraction of sp³-hybridized carbons (Fsp3) is 0.111. The lowest BCUT2D eigenvalue weighted by Gasteiger charge is -2.01. The molecule has 0 radical (unpaired) electrons. The summed E-state index contributed by atoms with van der Waals surface area (Å²) < 4.78 is 15.2. The molecule has 0 saturated carbocycles. The lowest BCUT2D eigenvalue weighted by Crippen LogP contribution is -2.23. The van der Waals surface area contributed by atoms with E-state index >= 15 is 0 Å². The van der Waals surface area contributed by atoms with E-state index in [1.165, 1.54) is 18.2 Å². The molecule has 6 nitrogen and oxygen atoms in total. The highest BCUT2D eigenvalue weighted by atomic mass is 32.1. The van der Waals surface area contributed by atoms with Gasteiger partial charge in [0.2, 0.25) is 5.88 Å². The van der Waals surface area contributed by atoms with E-state index in [2.05, 4.69) is 15.0 Å². The van der Waals surface area contributed by atoms with Gasteiger partial charge in [0.1, 0.15) is 10.7 Å². The smallest absolute Gasteiger partial charge is 0.279 e. The van der Waals surface area contributed by atoms with Crippen molar-refractivity contribution in [3.8, 4) is 5.88 Å². The molecule has 4 rings (SSSR count). The standard InChI is InChI=1S/C18H13FN4O2S/c1-2-23-17(25)15(26-18(23)22-13-5-3-4-8-20-13)14-11-9-10(19)6-7-12(11)21-16(14)24/h3-9,25H,2H2,1H3/b22-18+. The number of carbonyl (C=O) groups excluding carboxylic acids is 1. The molecule has 0 fully saturated rings. The third kappa shape index (κ3) is 2.64. The number of hydrogen-bond acceptors (Lipinski definition) is 5. The van der Waals surface area contributed by atoms with Gasteiger partial charge in [-0.1, -0.05) is 17.4 Å². The van der Waals surface area contributed by atoms with Crippen LogP contribution in [0.15, 0.2) is 52.6 Å². The van der Waals surface area contributed by atoms with Gasteiger partial charge in [0.25, 0.3) is 5.91 Å². The molecule has 8 heteroatoms. The van der Waals surface area contributed by atoms with Crippen molar-refractivity contribution < 1.29 is 14.3 Å². The summed E-state index contributed by atoms with van der Waals surface area (Å²) in [7, 11) is 0. The second-order valence-corrected chi connectivity index (χ2v) is 6.51. The minimum absolute atomic E-state index is 0.0946. The number of halogens is 1. The lowest BCUT2D eigenvalue weighted by molar-refractivity contribution is -0.112. The van der Waals surface area contributed by atoms with Crippen LogP contribution < -0.4 is 15.4 Å². The quantitative estimate of drug-likeness (QED) is 0.759. The van der Waals surface area contributed by atoms with E-state index < -0.39 is 11.7 Å². The Balaban J connectivity index is 2.00. The van der Waals surface area contributed by atoms with Gasteiger partial charge in [-0.05, 0) is 37.3 Å². The van der Waals surface area contributed by atoms with E-state index in [4.69, 9.17) is 0 Å². The molecule has 0 saturated heterocycles. The number of aromatic hydroxyl groups is 1. The predicted molar refractivity (Wildman–Crippen MR) is 93.8 cm³/mol. The Labute approximate surface area is 151 Å². The van der Waals surface area contributed by atoms with Gasteiger partial charge in [-0.15, -0.1) is 0 Å². The highest BCUT2D eigenvalue weighted by Gasteiger charge is 2.25. The van der Waals surface area contributed by atoms with E-state index in [9.17, 15) is 14.3 Å². The number of rotatable bonds is 3. The number of amides is 1. The van der Waals surface area contributed by atoms with Crippen LogP contribution >= 0.6 is 11.3 Å². The van der Waals surface area contributed by atoms with Crippen LogP contribution in [0.3, 0.4) is 0 Å². The predicted octanol–water partition coefficient (Wildman–Crippen LogP) is 1.40. The van der Waals surface area contributed by atoms with Gasteiger partial charge in [0.05, 0.1) is 10.9 Å². The largest absolute Gasteiger partial charge is 0.493 e. The van der Waals surface area contributed by atoms with Crippen LogP contribution in [0.1, 0.15) is 11.8 Å². The summed E-state index contributed by atoms with van der Waals surface area (Å²) in [5.41, 5.74) is 0.187. The first kappa shape index (κ1) is 16.3. The van der Waals surface area contributed by atoms with Gasteiger partial charge < -0.3 is 5.11 Å². The second-order valence-electron chi connectivity index (χ2n) is 5.53. The molecule has 1 aliphatic rings. The van der Waals surface area contributed by atoms with Gasteiger partial charge in [-0.2, -0.15) is 0 Å². The fourth-order valence-electron chi connectivity index (χ4n) is 2.76. The molecular weight excluding hydrogens is 355 g/mol. The van der Waals surface area contributed by atoms with Crippen LogP contribution in [0.5, 0.6) is 5.88 Å². The van der Waals surface area contributed by atoms with Crippen molar-refractivity contribution in [2.45, 2.75) is 13.5 Å². The number of thiazole rings is 1. The van der Waals surface area contributed by atoms with Gasteiger partial charge in [0, 0.05) is 18.0 Å². The first-order chi connectivity index (χ1) is 12.6. The highest BCUT2D eigenvalue weighted by Crippen LogP contribution is 2.28. The van der Waals surface area contributed by atoms with Crippen LogP contribution in [-0.4, -0.2) is 20.6 Å². The number of pyridine rings is 1. The number of aromatic nitrogens is 2. The Bertz CT molecular complexity index is 1210. The number of fused-ring (bicyclic) bond motifs is 1. The molecule has 1 amide bonds. The SMILES string of the molecule is CCn1c(O)c(C2=c3cc(F)ccc3=NC2=O)s/c1=N/c1ccccn1. The maximum Gasteiger partial charge on any atom is 0.279 e. The van der Waals surface area contributed by atoms with E-state index in [1.807, 2.05) is 13.0 Å². The first-order valence-electron chi connectivity index (χ1n) is 7.90. The van der Waals surface area contributed by atoms with Gasteiger partial charge in [0.15, 0.2) is 10.6 Å². The Morgan fingerprint density at radius 1 is 1.31 bits per heavy atom. The maximum absolute atomic E-state index is 13.7. The fourth-order valence-corrected chi connectivity index (χ4v) is 3.91. The van der Waals surface area contributed by atoms with Crippen LogP contribution in [0.4, 0.5) is 10.2 Å². The maximum atomic E-state index is 13.7. The summed E-state index contributed by atoms with van der Waals surface area (Å²) in [5, 5.41) is 11.4. The van der Waals surface area contributed by atoms with Gasteiger partial charge >= 0.3 is 0 Å². The molecule has 26 heavy (non-hydrogen) atoms. The minimum Gasteiger partial charge on any atom is -0.493 e. The molecule has 0 aliphatic carbocycles. The van der Waals surface area contributed by atoms with E-state index in [0.29, 0.717) is 32.6 Å². The Hall–Kier alpha value is -3.13. The Morgan fingerprint density at radius 3 is 2.88 bits per heavy atom. The molecule has 130 valence electrons. The Morgan fingerprint density at radius 2 is 2.15 bits per heavy atom. The van der Waals surface area contributed by atoms with Crippen molar-refractivity contribution in [1.29, 1.82) is 0 Å². The molecular formula is C18H13FN4O2S. The normalized spacial score (nSPS) is 13.8. The second kappa shape index (κ2) is 6.30. The van der Waals surface area contributed by atoms with Crippen molar-refractivity contribution in [2.75, 3.05) is 0 Å². The monoisotopic (exact) mass is 368 g/mol. The number of carbonyl (C=O) groups is 1. The summed E-state index contributed by atoms with van der Waals surface area (Å²) in [6.45, 7) is 2.30. The van der Waals surface area contributed by atoms with E-state index in [0.717, 1.165) is 11.3 Å². The Kier molecular flexibility index (Phi) is 3.96. The zero-order chi connectivity index (χ0) is 18.3. The van der Waals surface area contributed by atoms with Crippen LogP contribution in [0, 0.1) is 5.82 Å². The average Bonchev–Trinajstić information content (AvgIpc) is 3.11. The van der Waals surface area contributed by atoms with Crippen LogP contribution in [-0.2, 0) is 11.3 Å². The molecule has 0 spiro atoms. The summed E-state index contributed by atoms with van der Waals surface area (Å²) in [4.78, 5) is 25.7. The molecule has 3 aromatic rings. The summed E-state index contributed by atoms with van der Waals surface area (Å²) in [6.07, 6.45) is 1.62. The molecule has 1 aromatic carbocycles. The van der Waals surface area contributed by atoms with Crippen LogP contribution in [0.25, 0.3) is 5.57 Å². The highest BCUT2D eigenvalue weighted by molar-refractivity contribution is 7.11. The molecule has 0 atom stereocenters. The van der Waals surface area contributed by atoms with Crippen molar-refractivity contribution in [3.63, 3.8) is 0 Å². The molecule has 1 N–H and O–H groups in total. The number of hydrogen-bond donors (Lipinski definition) is 1. The summed E-state index contributed by atoms with van der Waals surface area (Å²) in [6, 6.07) is 9.29. The summed E-state index contributed by atoms with van der Waals surface area (Å²) in [5.74, 6) is -0.581. The van der Waals surface area contributed by atoms with Gasteiger partial charge in [-0.3, -0.25) is 9.36 Å². The minimum atomic E-state index is -0.505. The zero-order valence-electron chi connectivity index (χ0n) is 13.7. The zero-order valence-corrected chi connectivity index (χ0v) is 14.5. The van der Waals surface area contributed by atoms with Crippen molar-refractivity contribution >= 4 is 28.6 Å². The van der Waals surface area contributed by atoms with Crippen molar-refractivity contribution in [1.82, 2.24) is 9.55 Å². The summed E-state index contributed by atoms with van der Waals surface area (Å²) >= 11 is 1.14. The van der Waals surface area contributed by atoms with Gasteiger partial charge in [-0.25, -0.2) is 19.4 Å². The lowest BCUT2D eigenvalue weighted by atomic mass is 10.1. The molecule has 1 aliphatic heterocycles. The molecule has 3 heterocycles. The number of nitrogens with zero attached hydrogens (tertiary/aromatic N) is 4. The average molecular weight is 368 g/mol. The molecule has 0 bridgehead atoms. The van der Waals surface area contributed by atoms with Crippen molar-refractivity contribution in [2.24, 2.45) is 9.98 Å².